The molecule has 3 heteroatoms. The molecule has 1 aromatic carbocycles. The lowest BCUT2D eigenvalue weighted by Crippen LogP contribution is -2.52. The van der Waals surface area contributed by atoms with Crippen molar-refractivity contribution in [1.82, 2.24) is 10.2 Å². The van der Waals surface area contributed by atoms with Crippen LogP contribution in [0.1, 0.15) is 25.3 Å². The molecule has 2 aliphatic heterocycles. The molecule has 0 saturated carbocycles. The second-order valence-corrected chi connectivity index (χ2v) is 7.04. The highest BCUT2D eigenvalue weighted by molar-refractivity contribution is 8.00. The molecule has 2 nitrogen and oxygen atoms in total. The van der Waals surface area contributed by atoms with Crippen molar-refractivity contribution < 1.29 is 0 Å². The molecule has 0 aromatic heterocycles. The molecule has 0 spiro atoms. The Balaban J connectivity index is 1.60. The molecule has 0 amide bonds. The van der Waals surface area contributed by atoms with Gasteiger partial charge in [-0.15, -0.1) is 11.8 Å². The third kappa shape index (κ3) is 3.15. The minimum Gasteiger partial charge on any atom is -0.314 e. The van der Waals surface area contributed by atoms with E-state index in [2.05, 4.69) is 53.2 Å². The van der Waals surface area contributed by atoms with Crippen LogP contribution in [0, 0.1) is 0 Å². The van der Waals surface area contributed by atoms with Crippen LogP contribution in [0.4, 0.5) is 0 Å². The average Bonchev–Trinajstić information content (AvgIpc) is 2.83. The van der Waals surface area contributed by atoms with Crippen LogP contribution in [-0.2, 0) is 6.42 Å². The highest BCUT2D eigenvalue weighted by Gasteiger charge is 2.28. The summed E-state index contributed by atoms with van der Waals surface area (Å²) in [5.41, 5.74) is 1.56. The van der Waals surface area contributed by atoms with Crippen molar-refractivity contribution >= 4 is 11.8 Å². The summed E-state index contributed by atoms with van der Waals surface area (Å²) >= 11 is 2.09. The Morgan fingerprint density at radius 2 is 2.26 bits per heavy atom. The normalized spacial score (nSPS) is 27.4. The van der Waals surface area contributed by atoms with E-state index in [0.29, 0.717) is 0 Å². The van der Waals surface area contributed by atoms with E-state index in [4.69, 9.17) is 0 Å². The second-order valence-electron chi connectivity index (χ2n) is 5.69. The topological polar surface area (TPSA) is 15.3 Å². The van der Waals surface area contributed by atoms with Crippen molar-refractivity contribution in [2.45, 2.75) is 42.4 Å². The number of hydrogen-bond acceptors (Lipinski definition) is 3. The van der Waals surface area contributed by atoms with Crippen LogP contribution in [0.15, 0.2) is 29.2 Å². The van der Waals surface area contributed by atoms with Gasteiger partial charge in [0.2, 0.25) is 0 Å². The van der Waals surface area contributed by atoms with E-state index in [0.717, 1.165) is 17.8 Å². The Hall–Kier alpha value is -0.510. The van der Waals surface area contributed by atoms with Gasteiger partial charge in [-0.3, -0.25) is 4.90 Å². The van der Waals surface area contributed by atoms with E-state index in [-0.39, 0.29) is 0 Å². The molecule has 0 bridgehead atoms. The molecule has 2 atom stereocenters. The first kappa shape index (κ1) is 13.5. The highest BCUT2D eigenvalue weighted by atomic mass is 32.2. The van der Waals surface area contributed by atoms with Gasteiger partial charge in [0.05, 0.1) is 0 Å². The fourth-order valence-corrected chi connectivity index (χ4v) is 4.63. The van der Waals surface area contributed by atoms with Crippen molar-refractivity contribution in [1.29, 1.82) is 0 Å². The summed E-state index contributed by atoms with van der Waals surface area (Å²) < 4.78 is 0. The van der Waals surface area contributed by atoms with Crippen molar-refractivity contribution in [2.24, 2.45) is 0 Å². The Bertz CT molecular complexity index is 394. The van der Waals surface area contributed by atoms with E-state index in [1.54, 1.807) is 5.56 Å². The lowest BCUT2D eigenvalue weighted by atomic mass is 10.1. The maximum absolute atomic E-state index is 3.54. The number of piperazine rings is 1. The molecule has 0 radical (unpaired) electrons. The number of thioether (sulfide) groups is 1. The molecular weight excluding hydrogens is 252 g/mol. The highest BCUT2D eigenvalue weighted by Crippen LogP contribution is 2.37. The largest absolute Gasteiger partial charge is 0.314 e. The van der Waals surface area contributed by atoms with Crippen LogP contribution in [0.2, 0.25) is 0 Å². The van der Waals surface area contributed by atoms with Crippen molar-refractivity contribution in [3.63, 3.8) is 0 Å². The quantitative estimate of drug-likeness (QED) is 0.910. The molecule has 19 heavy (non-hydrogen) atoms. The molecule has 2 unspecified atom stereocenters. The molecule has 1 aromatic rings. The average molecular weight is 276 g/mol. The van der Waals surface area contributed by atoms with E-state index in [1.807, 2.05) is 0 Å². The molecule has 3 rings (SSSR count). The van der Waals surface area contributed by atoms with E-state index < -0.39 is 0 Å². The van der Waals surface area contributed by atoms with Crippen LogP contribution >= 0.6 is 11.8 Å². The van der Waals surface area contributed by atoms with Gasteiger partial charge < -0.3 is 5.32 Å². The maximum Gasteiger partial charge on any atom is 0.0263 e. The van der Waals surface area contributed by atoms with Crippen LogP contribution in [0.25, 0.3) is 0 Å². The van der Waals surface area contributed by atoms with E-state index >= 15 is 0 Å². The van der Waals surface area contributed by atoms with Gasteiger partial charge in [-0.2, -0.15) is 0 Å². The first-order valence-corrected chi connectivity index (χ1v) is 8.44. The molecule has 1 N–H and O–H groups in total. The molecule has 2 aliphatic rings. The lowest BCUT2D eigenvalue weighted by Gasteiger charge is -2.37. The molecule has 104 valence electrons. The minimum absolute atomic E-state index is 0.753. The maximum atomic E-state index is 3.54. The van der Waals surface area contributed by atoms with E-state index in [1.165, 1.54) is 43.8 Å². The molecular formula is C16H24N2S. The van der Waals surface area contributed by atoms with Crippen LogP contribution < -0.4 is 5.32 Å². The minimum atomic E-state index is 0.753. The number of nitrogens with one attached hydrogen (secondary N) is 1. The molecule has 2 heterocycles. The molecule has 1 fully saturated rings. The van der Waals surface area contributed by atoms with Gasteiger partial charge in [0.1, 0.15) is 0 Å². The van der Waals surface area contributed by atoms with E-state index in [9.17, 15) is 0 Å². The van der Waals surface area contributed by atoms with Crippen molar-refractivity contribution in [2.75, 3.05) is 26.2 Å². The van der Waals surface area contributed by atoms with Crippen molar-refractivity contribution in [3.05, 3.63) is 29.8 Å². The Morgan fingerprint density at radius 3 is 3.11 bits per heavy atom. The zero-order valence-electron chi connectivity index (χ0n) is 11.8. The summed E-state index contributed by atoms with van der Waals surface area (Å²) in [5, 5.41) is 4.30. The first-order chi connectivity index (χ1) is 9.36. The number of fused-ring (bicyclic) bond motifs is 1. The van der Waals surface area contributed by atoms with Crippen molar-refractivity contribution in [3.8, 4) is 0 Å². The molecule has 0 aliphatic carbocycles. The fourth-order valence-electron chi connectivity index (χ4n) is 3.28. The van der Waals surface area contributed by atoms with Crippen LogP contribution in [0.5, 0.6) is 0 Å². The third-order valence-corrected chi connectivity index (χ3v) is 5.55. The van der Waals surface area contributed by atoms with Crippen LogP contribution in [0.3, 0.4) is 0 Å². The van der Waals surface area contributed by atoms with Gasteiger partial charge in [0, 0.05) is 42.4 Å². The lowest BCUT2D eigenvalue weighted by molar-refractivity contribution is 0.153. The van der Waals surface area contributed by atoms with Crippen LogP contribution in [-0.4, -0.2) is 42.4 Å². The second kappa shape index (κ2) is 6.29. The Kier molecular flexibility index (Phi) is 4.46. The van der Waals surface area contributed by atoms with Gasteiger partial charge in [-0.25, -0.2) is 0 Å². The standard InChI is InChI=1S/C16H24N2S/c1-2-5-14-11-17-8-9-18(14)12-15-10-13-6-3-4-7-16(13)19-15/h3-4,6-7,14-15,17H,2,5,8-12H2,1H3. The SMILES string of the molecule is CCCC1CNCCN1CC1Cc2ccccc2S1. The third-order valence-electron chi connectivity index (χ3n) is 4.25. The predicted octanol–water partition coefficient (Wildman–Crippen LogP) is 2.78. The monoisotopic (exact) mass is 276 g/mol. The summed E-state index contributed by atoms with van der Waals surface area (Å²) in [4.78, 5) is 4.23. The number of rotatable bonds is 4. The zero-order valence-corrected chi connectivity index (χ0v) is 12.6. The number of nitrogens with zero attached hydrogens (tertiary/aromatic N) is 1. The number of hydrogen-bond donors (Lipinski definition) is 1. The Morgan fingerprint density at radius 1 is 1.37 bits per heavy atom. The summed E-state index contributed by atoms with van der Waals surface area (Å²) in [6.07, 6.45) is 3.88. The van der Waals surface area contributed by atoms with Gasteiger partial charge >= 0.3 is 0 Å². The Labute approximate surface area is 121 Å². The van der Waals surface area contributed by atoms with Gasteiger partial charge in [0.25, 0.3) is 0 Å². The summed E-state index contributed by atoms with van der Waals surface area (Å²) in [7, 11) is 0. The number of benzene rings is 1. The predicted molar refractivity (Wildman–Crippen MR) is 82.9 cm³/mol. The smallest absolute Gasteiger partial charge is 0.0263 e. The van der Waals surface area contributed by atoms with Gasteiger partial charge in [-0.1, -0.05) is 31.5 Å². The first-order valence-electron chi connectivity index (χ1n) is 7.56. The summed E-state index contributed by atoms with van der Waals surface area (Å²) in [6.45, 7) is 7.11. The summed E-state index contributed by atoms with van der Waals surface area (Å²) in [6, 6.07) is 9.67. The van der Waals surface area contributed by atoms with Gasteiger partial charge in [0.15, 0.2) is 0 Å². The van der Waals surface area contributed by atoms with Gasteiger partial charge in [-0.05, 0) is 24.5 Å². The fraction of sp³-hybridized carbons (Fsp3) is 0.625. The zero-order chi connectivity index (χ0) is 13.1. The summed E-state index contributed by atoms with van der Waals surface area (Å²) in [5.74, 6) is 0. The molecule has 1 saturated heterocycles.